The number of rotatable bonds is 10. The first-order chi connectivity index (χ1) is 7.81. The van der Waals surface area contributed by atoms with Gasteiger partial charge in [0.1, 0.15) is 0 Å². The van der Waals surface area contributed by atoms with Crippen LogP contribution in [-0.4, -0.2) is 35.5 Å². The zero-order chi connectivity index (χ0) is 12.1. The van der Waals surface area contributed by atoms with Crippen molar-refractivity contribution in [3.8, 4) is 6.19 Å². The van der Waals surface area contributed by atoms with Gasteiger partial charge in [0.05, 0.1) is 0 Å². The average molecular weight is 248 g/mol. The normalized spacial score (nSPS) is 9.18. The van der Waals surface area contributed by atoms with Crippen LogP contribution in [0.3, 0.4) is 0 Å². The summed E-state index contributed by atoms with van der Waals surface area (Å²) in [7, 11) is 0. The van der Waals surface area contributed by atoms with E-state index in [0.717, 1.165) is 12.8 Å². The van der Waals surface area contributed by atoms with Gasteiger partial charge >= 0.3 is 29.6 Å². The third kappa shape index (κ3) is 16.0. The van der Waals surface area contributed by atoms with E-state index < -0.39 is 0 Å². The fourth-order valence-electron chi connectivity index (χ4n) is 1.72. The molecule has 0 radical (unpaired) electrons. The minimum atomic E-state index is -0.148. The number of nitrogens with one attached hydrogen (secondary N) is 1. The number of unbranched alkanes of at least 4 members (excludes halogenated alkanes) is 8. The van der Waals surface area contributed by atoms with Crippen molar-refractivity contribution in [1.82, 2.24) is 5.32 Å². The molecule has 0 atom stereocenters. The molecule has 0 aromatic rings. The summed E-state index contributed by atoms with van der Waals surface area (Å²) in [6.07, 6.45) is 13.3. The second kappa shape index (κ2) is 16.0. The van der Waals surface area contributed by atoms with Crippen molar-refractivity contribution in [3.05, 3.63) is 0 Å². The molecular formula is C13H25N2NaO. The van der Waals surface area contributed by atoms with Crippen LogP contribution in [0.15, 0.2) is 0 Å². The first-order valence-corrected chi connectivity index (χ1v) is 6.49. The van der Waals surface area contributed by atoms with Crippen LogP contribution in [0.1, 0.15) is 71.1 Å². The molecule has 1 amide bonds. The fraction of sp³-hybridized carbons (Fsp3) is 0.846. The molecule has 17 heavy (non-hydrogen) atoms. The number of hydrogen-bond acceptors (Lipinski definition) is 2. The fourth-order valence-corrected chi connectivity index (χ4v) is 1.72. The molecule has 0 heterocycles. The molecule has 0 aliphatic carbocycles. The summed E-state index contributed by atoms with van der Waals surface area (Å²) in [4.78, 5) is 10.9. The first kappa shape index (κ1) is 19.3. The van der Waals surface area contributed by atoms with E-state index in [1.54, 1.807) is 6.19 Å². The summed E-state index contributed by atoms with van der Waals surface area (Å²) < 4.78 is 0. The summed E-state index contributed by atoms with van der Waals surface area (Å²) in [5, 5.41) is 10.3. The Balaban J connectivity index is 0. The monoisotopic (exact) mass is 248 g/mol. The van der Waals surface area contributed by atoms with Crippen molar-refractivity contribution in [2.45, 2.75) is 71.1 Å². The summed E-state index contributed by atoms with van der Waals surface area (Å²) in [6, 6.07) is 0. The molecule has 0 saturated carbocycles. The Bertz CT molecular complexity index is 214. The van der Waals surface area contributed by atoms with Gasteiger partial charge in [0.25, 0.3) is 0 Å². The number of nitrogens with zero attached hydrogens (tertiary/aromatic N) is 1. The standard InChI is InChI=1S/C13H24N2O.Na.H/c1-2-3-4-5-6-7-8-9-10-11-13(16)15-12-14;;/h2-11H2,1H3,(H,15,16);;. The summed E-state index contributed by atoms with van der Waals surface area (Å²) >= 11 is 0. The molecule has 0 aromatic heterocycles. The van der Waals surface area contributed by atoms with E-state index in [-0.39, 0.29) is 35.5 Å². The average Bonchev–Trinajstić information content (AvgIpc) is 2.27. The van der Waals surface area contributed by atoms with Gasteiger partial charge in [-0.3, -0.25) is 10.1 Å². The maximum absolute atomic E-state index is 10.9. The van der Waals surface area contributed by atoms with Crippen molar-refractivity contribution < 1.29 is 4.79 Å². The van der Waals surface area contributed by atoms with Gasteiger partial charge in [-0.1, -0.05) is 58.3 Å². The molecule has 0 bridgehead atoms. The van der Waals surface area contributed by atoms with Gasteiger partial charge < -0.3 is 0 Å². The molecule has 0 rings (SSSR count). The molecule has 0 fully saturated rings. The minimum absolute atomic E-state index is 0. The van der Waals surface area contributed by atoms with Crippen molar-refractivity contribution in [3.63, 3.8) is 0 Å². The second-order valence-corrected chi connectivity index (χ2v) is 4.24. The Kier molecular flexibility index (Phi) is 18.1. The predicted octanol–water partition coefficient (Wildman–Crippen LogP) is 2.86. The third-order valence-corrected chi connectivity index (χ3v) is 2.70. The van der Waals surface area contributed by atoms with Gasteiger partial charge in [0.15, 0.2) is 6.19 Å². The van der Waals surface area contributed by atoms with Gasteiger partial charge in [0, 0.05) is 6.42 Å². The molecule has 0 aliphatic heterocycles. The number of hydrogen-bond donors (Lipinski definition) is 1. The van der Waals surface area contributed by atoms with Crippen molar-refractivity contribution in [2.24, 2.45) is 0 Å². The number of nitriles is 1. The Morgan fingerprint density at radius 1 is 1.00 bits per heavy atom. The Morgan fingerprint density at radius 2 is 1.47 bits per heavy atom. The molecule has 4 heteroatoms. The van der Waals surface area contributed by atoms with Gasteiger partial charge in [-0.15, -0.1) is 0 Å². The third-order valence-electron chi connectivity index (χ3n) is 2.70. The molecule has 0 aromatic carbocycles. The van der Waals surface area contributed by atoms with Crippen LogP contribution in [0.2, 0.25) is 0 Å². The summed E-state index contributed by atoms with van der Waals surface area (Å²) in [5.41, 5.74) is 0. The number of carbonyl (C=O) groups is 1. The molecule has 0 spiro atoms. The Labute approximate surface area is 128 Å². The molecule has 1 N–H and O–H groups in total. The molecular weight excluding hydrogens is 223 g/mol. The van der Waals surface area contributed by atoms with Crippen LogP contribution in [-0.2, 0) is 4.79 Å². The molecule has 3 nitrogen and oxygen atoms in total. The Morgan fingerprint density at radius 3 is 1.94 bits per heavy atom. The Hall–Kier alpha value is -0.0400. The second-order valence-electron chi connectivity index (χ2n) is 4.24. The van der Waals surface area contributed by atoms with E-state index in [2.05, 4.69) is 12.2 Å². The van der Waals surface area contributed by atoms with Crippen LogP contribution >= 0.6 is 0 Å². The molecule has 94 valence electrons. The predicted molar refractivity (Wildman–Crippen MR) is 72.7 cm³/mol. The van der Waals surface area contributed by atoms with Crippen molar-refractivity contribution in [2.75, 3.05) is 0 Å². The van der Waals surface area contributed by atoms with E-state index >= 15 is 0 Å². The SMILES string of the molecule is CCCCCCCCCCCC(=O)NC#N.[NaH]. The van der Waals surface area contributed by atoms with E-state index in [1.165, 1.54) is 44.9 Å². The first-order valence-electron chi connectivity index (χ1n) is 6.49. The van der Waals surface area contributed by atoms with Crippen LogP contribution in [0.25, 0.3) is 0 Å². The quantitative estimate of drug-likeness (QED) is 0.280. The van der Waals surface area contributed by atoms with Crippen LogP contribution in [0.4, 0.5) is 0 Å². The molecule has 0 saturated heterocycles. The molecule has 0 unspecified atom stereocenters. The van der Waals surface area contributed by atoms with Gasteiger partial charge in [-0.25, -0.2) is 0 Å². The summed E-state index contributed by atoms with van der Waals surface area (Å²) in [5.74, 6) is -0.148. The van der Waals surface area contributed by atoms with Crippen LogP contribution in [0.5, 0.6) is 0 Å². The van der Waals surface area contributed by atoms with E-state index in [9.17, 15) is 4.79 Å². The van der Waals surface area contributed by atoms with Crippen LogP contribution < -0.4 is 5.32 Å². The van der Waals surface area contributed by atoms with Crippen molar-refractivity contribution in [1.29, 1.82) is 5.26 Å². The van der Waals surface area contributed by atoms with Crippen LogP contribution in [0, 0.1) is 11.5 Å². The zero-order valence-corrected chi connectivity index (χ0v) is 10.4. The maximum atomic E-state index is 10.9. The van der Waals surface area contributed by atoms with E-state index in [1.807, 2.05) is 0 Å². The number of amides is 1. The molecule has 0 aliphatic rings. The van der Waals surface area contributed by atoms with Gasteiger partial charge in [-0.05, 0) is 6.42 Å². The van der Waals surface area contributed by atoms with Crippen molar-refractivity contribution >= 4 is 35.5 Å². The van der Waals surface area contributed by atoms with Gasteiger partial charge in [0.2, 0.25) is 5.91 Å². The number of carbonyl (C=O) groups excluding carboxylic acids is 1. The van der Waals surface area contributed by atoms with E-state index in [0.29, 0.717) is 6.42 Å². The van der Waals surface area contributed by atoms with Gasteiger partial charge in [-0.2, -0.15) is 5.26 Å². The zero-order valence-electron chi connectivity index (χ0n) is 10.4. The topological polar surface area (TPSA) is 52.9 Å². The summed E-state index contributed by atoms with van der Waals surface area (Å²) in [6.45, 7) is 2.23. The van der Waals surface area contributed by atoms with E-state index in [4.69, 9.17) is 5.26 Å².